The van der Waals surface area contributed by atoms with Crippen LogP contribution in [0, 0.1) is 20.8 Å². The summed E-state index contributed by atoms with van der Waals surface area (Å²) in [5.74, 6) is 0.329. The van der Waals surface area contributed by atoms with Gasteiger partial charge in [-0.05, 0) is 119 Å². The maximum atomic E-state index is 9.35. The first-order chi connectivity index (χ1) is 22.3. The maximum absolute atomic E-state index is 9.35. The second-order valence-corrected chi connectivity index (χ2v) is 17.8. The van der Waals surface area contributed by atoms with Gasteiger partial charge in [0.25, 0.3) is 0 Å². The second kappa shape index (κ2) is 23.4. The van der Waals surface area contributed by atoms with E-state index in [0.29, 0.717) is 12.6 Å². The fourth-order valence-electron chi connectivity index (χ4n) is 4.88. The summed E-state index contributed by atoms with van der Waals surface area (Å²) >= 11 is 9.31. The number of fused-ring (bicyclic) bond motifs is 2. The molecule has 0 radical (unpaired) electrons. The number of phenols is 1. The predicted octanol–water partition coefficient (Wildman–Crippen LogP) is 11.6. The van der Waals surface area contributed by atoms with Crippen molar-refractivity contribution in [1.29, 1.82) is 0 Å². The van der Waals surface area contributed by atoms with Crippen molar-refractivity contribution in [3.8, 4) is 5.75 Å². The Labute approximate surface area is 305 Å². The molecule has 3 N–H and O–H groups in total. The number of aliphatic hydroxyl groups excluding tert-OH is 2. The number of phenolic OH excluding ortho intramolecular Hbond substituents is 1. The molecule has 4 aromatic carbocycles. The van der Waals surface area contributed by atoms with Crippen LogP contribution >= 0.6 is 47.3 Å². The lowest BCUT2D eigenvalue weighted by atomic mass is 10.0. The normalized spacial score (nSPS) is 13.3. The van der Waals surface area contributed by atoms with Crippen LogP contribution in [0.5, 0.6) is 5.75 Å². The quantitative estimate of drug-likeness (QED) is 0.177. The van der Waals surface area contributed by atoms with E-state index in [4.69, 9.17) is 6.48 Å². The molecule has 6 rings (SSSR count). The third-order valence-electron chi connectivity index (χ3n) is 7.46. The van der Waals surface area contributed by atoms with E-state index in [9.17, 15) is 10.2 Å². The summed E-state index contributed by atoms with van der Waals surface area (Å²) in [7, 11) is 0. The van der Waals surface area contributed by atoms with Gasteiger partial charge in [0.15, 0.2) is 0 Å². The summed E-state index contributed by atoms with van der Waals surface area (Å²) in [5.41, 5.74) is 11.8. The summed E-state index contributed by atoms with van der Waals surface area (Å²) in [6, 6.07) is 28.3. The van der Waals surface area contributed by atoms with Crippen molar-refractivity contribution < 1.29 is 16.7 Å². The molecule has 2 aliphatic rings. The number of benzene rings is 4. The molecule has 4 aromatic rings. The molecule has 0 saturated carbocycles. The first kappa shape index (κ1) is 40.3. The summed E-state index contributed by atoms with van der Waals surface area (Å²) in [6.07, 6.45) is 6.72. The lowest BCUT2D eigenvalue weighted by Gasteiger charge is -2.06. The lowest BCUT2D eigenvalue weighted by Crippen LogP contribution is -1.92. The van der Waals surface area contributed by atoms with Crippen LogP contribution in [0.4, 0.5) is 0 Å². The molecule has 2 aliphatic carbocycles. The van der Waals surface area contributed by atoms with E-state index in [-0.39, 0.29) is 15.4 Å². The minimum atomic E-state index is -0.323. The third-order valence-corrected chi connectivity index (χ3v) is 7.46. The zero-order valence-electron chi connectivity index (χ0n) is 29.2. The molecule has 0 amide bonds. The van der Waals surface area contributed by atoms with Crippen molar-refractivity contribution in [2.75, 3.05) is 0 Å². The van der Waals surface area contributed by atoms with E-state index in [1.165, 1.54) is 77.5 Å². The Morgan fingerprint density at radius 1 is 0.587 bits per heavy atom. The van der Waals surface area contributed by atoms with E-state index in [0.717, 1.165) is 11.1 Å². The molecule has 0 spiro atoms. The topological polar surface area (TPSA) is 60.7 Å². The average Bonchev–Trinajstić information content (AvgIpc) is 3.70. The van der Waals surface area contributed by atoms with E-state index < -0.39 is 0 Å². The van der Waals surface area contributed by atoms with Gasteiger partial charge in [-0.15, -0.1) is 47.3 Å². The summed E-state index contributed by atoms with van der Waals surface area (Å²) in [4.78, 5) is 0. The lowest BCUT2D eigenvalue weighted by molar-refractivity contribution is 0.199. The number of halogens is 3. The molecule has 46 heavy (non-hydrogen) atoms. The zero-order chi connectivity index (χ0) is 35.4. The molecular weight excluding hydrogens is 767 g/mol. The number of hydrogen-bond donors (Lipinski definition) is 3. The molecule has 0 fully saturated rings. The number of aryl methyl sites for hydroxylation is 7. The number of aromatic hydroxyl groups is 1. The smallest absolute Gasteiger partial charge is 0.369 e. The molecule has 0 aromatic heterocycles. The van der Waals surface area contributed by atoms with Crippen molar-refractivity contribution in [1.82, 2.24) is 0 Å². The monoisotopic (exact) mass is 817 g/mol. The van der Waals surface area contributed by atoms with Crippen molar-refractivity contribution in [2.24, 2.45) is 0 Å². The molecule has 0 saturated heterocycles. The summed E-state index contributed by atoms with van der Waals surface area (Å²) < 4.78 is 6.48. The highest BCUT2D eigenvalue weighted by Crippen LogP contribution is 2.26. The van der Waals surface area contributed by atoms with Gasteiger partial charge in [0.1, 0.15) is 5.75 Å². The number of rotatable bonds is 2. The van der Waals surface area contributed by atoms with E-state index >= 15 is 0 Å². The minimum absolute atomic E-state index is 0.271. The van der Waals surface area contributed by atoms with E-state index in [1.54, 1.807) is 19.1 Å². The fraction of sp³-hybridized carbons (Fsp3) is 0.385. The Balaban J connectivity index is 0.000000298. The van der Waals surface area contributed by atoms with Gasteiger partial charge >= 0.3 is 3.18 Å². The van der Waals surface area contributed by atoms with Gasteiger partial charge in [0.2, 0.25) is 0 Å². The Bertz CT molecular complexity index is 1260. The largest absolute Gasteiger partial charge is 0.508 e. The van der Waals surface area contributed by atoms with Gasteiger partial charge in [0, 0.05) is 1.37 Å². The van der Waals surface area contributed by atoms with Crippen LogP contribution in [0.2, 0.25) is 0 Å². The van der Waals surface area contributed by atoms with Crippen LogP contribution in [0.3, 0.4) is 0 Å². The molecular formula is C39H52BBr3O3. The number of hydrogen-bond acceptors (Lipinski definition) is 3. The van der Waals surface area contributed by atoms with Gasteiger partial charge in [0.05, 0.1) is 12.2 Å². The number of aliphatic hydroxyl groups is 2. The summed E-state index contributed by atoms with van der Waals surface area (Å²) in [5, 5.41) is 27.5. The molecule has 0 aliphatic heterocycles. The fourth-order valence-corrected chi connectivity index (χ4v) is 4.88. The molecule has 2 unspecified atom stereocenters. The highest BCUT2D eigenvalue weighted by molar-refractivity contribution is 9.69. The van der Waals surface area contributed by atoms with Crippen molar-refractivity contribution in [3.63, 3.8) is 0 Å². The second-order valence-electron chi connectivity index (χ2n) is 11.4. The van der Waals surface area contributed by atoms with Crippen molar-refractivity contribution in [2.45, 2.75) is 99.2 Å². The Hall–Kier alpha value is -1.90. The standard InChI is InChI=1S/2C11H14O.C8H10.C7H8O.C2H6.BBr3/c2*1-8(12)10-6-5-9-3-2-4-11(9)7-10;1-7-3-5-8(2)6-4-7;1-6-2-4-7(8)5-3-6;1-2;2-1(3)4/h2*5-8,12H,2-4H2,1H3;3-6H,1-2H3;2-5,8H,1H3;1-2H3;/i;;;;1D;. The highest BCUT2D eigenvalue weighted by atomic mass is 79.9. The van der Waals surface area contributed by atoms with Crippen LogP contribution in [0.15, 0.2) is 84.9 Å². The average molecular weight is 820 g/mol. The van der Waals surface area contributed by atoms with E-state index in [1.807, 2.05) is 45.0 Å². The molecule has 2 atom stereocenters. The van der Waals surface area contributed by atoms with Crippen LogP contribution in [0.25, 0.3) is 0 Å². The Morgan fingerprint density at radius 3 is 1.15 bits per heavy atom. The molecule has 250 valence electrons. The first-order valence-corrected chi connectivity index (χ1v) is 18.6. The first-order valence-electron chi connectivity index (χ1n) is 16.6. The molecule has 0 bridgehead atoms. The van der Waals surface area contributed by atoms with Crippen LogP contribution < -0.4 is 0 Å². The van der Waals surface area contributed by atoms with Crippen LogP contribution in [-0.4, -0.2) is 18.5 Å². The third kappa shape index (κ3) is 17.3. The summed E-state index contributed by atoms with van der Waals surface area (Å²) in [6.45, 7) is 12.1. The maximum Gasteiger partial charge on any atom is 0.369 e. The Morgan fingerprint density at radius 2 is 0.870 bits per heavy atom. The SMILES string of the molecule is BrB(Br)Br.CC(O)c1ccc2c(c1)CCC2.CC(O)c1ccc2c(c1)CCC2.Cc1ccc(C)cc1.Cc1ccc(O)cc1.[2H]CC. The minimum Gasteiger partial charge on any atom is -0.508 e. The van der Waals surface area contributed by atoms with Crippen molar-refractivity contribution >= 4 is 50.5 Å². The van der Waals surface area contributed by atoms with Gasteiger partial charge in [-0.3, -0.25) is 0 Å². The predicted molar refractivity (Wildman–Crippen MR) is 211 cm³/mol. The molecule has 0 heterocycles. The van der Waals surface area contributed by atoms with Crippen LogP contribution in [-0.2, 0) is 25.7 Å². The molecule has 7 heteroatoms. The molecule has 3 nitrogen and oxygen atoms in total. The van der Waals surface area contributed by atoms with E-state index in [2.05, 4.69) is 110 Å². The van der Waals surface area contributed by atoms with Gasteiger partial charge < -0.3 is 15.3 Å². The highest BCUT2D eigenvalue weighted by Gasteiger charge is 2.12. The van der Waals surface area contributed by atoms with Crippen LogP contribution in [0.1, 0.15) is 104 Å². The Kier molecular flexibility index (Phi) is 20.5. The van der Waals surface area contributed by atoms with Gasteiger partial charge in [-0.2, -0.15) is 0 Å². The van der Waals surface area contributed by atoms with Crippen molar-refractivity contribution in [3.05, 3.63) is 135 Å². The van der Waals surface area contributed by atoms with Gasteiger partial charge in [-0.25, -0.2) is 0 Å². The van der Waals surface area contributed by atoms with Gasteiger partial charge in [-0.1, -0.05) is 103 Å². The zero-order valence-corrected chi connectivity index (χ0v) is 33.0.